The Hall–Kier alpha value is -1.09. The second kappa shape index (κ2) is 6.01. The highest BCUT2D eigenvalue weighted by Crippen LogP contribution is 2.17. The molecule has 0 fully saturated rings. The van der Waals surface area contributed by atoms with Gasteiger partial charge in [0.1, 0.15) is 0 Å². The Morgan fingerprint density at radius 2 is 2.12 bits per heavy atom. The van der Waals surface area contributed by atoms with E-state index in [-0.39, 0.29) is 6.10 Å². The van der Waals surface area contributed by atoms with Crippen LogP contribution >= 0.6 is 0 Å². The first-order valence-corrected chi connectivity index (χ1v) is 6.29. The lowest BCUT2D eigenvalue weighted by molar-refractivity contribution is 0.164. The molecule has 0 aliphatic heterocycles. The summed E-state index contributed by atoms with van der Waals surface area (Å²) in [6.07, 6.45) is 3.06. The third-order valence-corrected chi connectivity index (χ3v) is 3.41. The lowest BCUT2D eigenvalue weighted by Gasteiger charge is -2.11. The molecule has 3 heteroatoms. The molecule has 0 amide bonds. The zero-order chi connectivity index (χ0) is 13.0. The lowest BCUT2D eigenvalue weighted by Crippen LogP contribution is -2.09. The summed E-state index contributed by atoms with van der Waals surface area (Å²) in [6, 6.07) is 0. The SMILES string of the molecule is C=C(CC)CC(O)CCc1c(C)nn(C)c1C. The fraction of sp³-hybridized carbons (Fsp3) is 0.643. The molecule has 1 aromatic heterocycles. The van der Waals surface area contributed by atoms with Crippen molar-refractivity contribution in [1.29, 1.82) is 0 Å². The van der Waals surface area contributed by atoms with Crippen molar-refractivity contribution in [2.45, 2.75) is 52.6 Å². The predicted molar refractivity (Wildman–Crippen MR) is 71.1 cm³/mol. The van der Waals surface area contributed by atoms with Crippen LogP contribution in [-0.2, 0) is 13.5 Å². The molecule has 3 nitrogen and oxygen atoms in total. The van der Waals surface area contributed by atoms with Crippen molar-refractivity contribution in [2.24, 2.45) is 7.05 Å². The molecule has 0 bridgehead atoms. The molecule has 1 unspecified atom stereocenters. The van der Waals surface area contributed by atoms with E-state index in [0.29, 0.717) is 0 Å². The summed E-state index contributed by atoms with van der Waals surface area (Å²) in [5.41, 5.74) is 4.67. The van der Waals surface area contributed by atoms with Crippen molar-refractivity contribution < 1.29 is 5.11 Å². The molecule has 1 N–H and O–H groups in total. The molecule has 1 heterocycles. The van der Waals surface area contributed by atoms with Gasteiger partial charge in [0, 0.05) is 12.7 Å². The summed E-state index contributed by atoms with van der Waals surface area (Å²) in [4.78, 5) is 0. The van der Waals surface area contributed by atoms with Gasteiger partial charge in [-0.2, -0.15) is 5.10 Å². The molecule has 0 saturated heterocycles. The van der Waals surface area contributed by atoms with Crippen molar-refractivity contribution in [3.63, 3.8) is 0 Å². The average Bonchev–Trinajstić information content (AvgIpc) is 2.51. The molecule has 0 aliphatic carbocycles. The summed E-state index contributed by atoms with van der Waals surface area (Å²) >= 11 is 0. The minimum Gasteiger partial charge on any atom is -0.393 e. The highest BCUT2D eigenvalue weighted by Gasteiger charge is 2.12. The Balaban J connectivity index is 2.53. The number of hydrogen-bond acceptors (Lipinski definition) is 2. The molecule has 96 valence electrons. The van der Waals surface area contributed by atoms with E-state index in [0.717, 1.165) is 37.0 Å². The van der Waals surface area contributed by atoms with E-state index >= 15 is 0 Å². The fourth-order valence-electron chi connectivity index (χ4n) is 2.07. The zero-order valence-electron chi connectivity index (χ0n) is 11.5. The minimum absolute atomic E-state index is 0.276. The first-order chi connectivity index (χ1) is 7.95. The van der Waals surface area contributed by atoms with E-state index in [1.807, 2.05) is 18.7 Å². The maximum absolute atomic E-state index is 9.91. The number of hydrogen-bond donors (Lipinski definition) is 1. The van der Waals surface area contributed by atoms with Gasteiger partial charge in [-0.3, -0.25) is 4.68 Å². The third kappa shape index (κ3) is 3.70. The second-order valence-corrected chi connectivity index (χ2v) is 4.77. The number of rotatable bonds is 6. The molecule has 1 aromatic rings. The first-order valence-electron chi connectivity index (χ1n) is 6.29. The molecular formula is C14H24N2O. The monoisotopic (exact) mass is 236 g/mol. The second-order valence-electron chi connectivity index (χ2n) is 4.77. The van der Waals surface area contributed by atoms with E-state index in [2.05, 4.69) is 25.5 Å². The largest absolute Gasteiger partial charge is 0.393 e. The smallest absolute Gasteiger partial charge is 0.0628 e. The van der Waals surface area contributed by atoms with Crippen molar-refractivity contribution >= 4 is 0 Å². The molecule has 0 aliphatic rings. The number of aliphatic hydroxyl groups excluding tert-OH is 1. The molecule has 0 spiro atoms. The molecule has 0 radical (unpaired) electrons. The Bertz CT molecular complexity index is 393. The van der Waals surface area contributed by atoms with E-state index in [9.17, 15) is 5.11 Å². The standard InChI is InChI=1S/C14H24N2O/c1-6-10(2)9-13(17)7-8-14-11(3)15-16(5)12(14)4/h13,17H,2,6-9H2,1,3-5H3. The van der Waals surface area contributed by atoms with Gasteiger partial charge in [0.2, 0.25) is 0 Å². The molecular weight excluding hydrogens is 212 g/mol. The van der Waals surface area contributed by atoms with Crippen LogP contribution in [0.15, 0.2) is 12.2 Å². The predicted octanol–water partition coefficient (Wildman–Crippen LogP) is 2.69. The zero-order valence-corrected chi connectivity index (χ0v) is 11.5. The van der Waals surface area contributed by atoms with Crippen LogP contribution in [0, 0.1) is 13.8 Å². The first kappa shape index (κ1) is 14.0. The van der Waals surface area contributed by atoms with Gasteiger partial charge in [0.15, 0.2) is 0 Å². The van der Waals surface area contributed by atoms with Crippen molar-refractivity contribution in [1.82, 2.24) is 9.78 Å². The summed E-state index contributed by atoms with van der Waals surface area (Å²) < 4.78 is 1.90. The normalized spacial score (nSPS) is 12.8. The van der Waals surface area contributed by atoms with Gasteiger partial charge < -0.3 is 5.11 Å². The topological polar surface area (TPSA) is 38.1 Å². The van der Waals surface area contributed by atoms with Gasteiger partial charge in [-0.25, -0.2) is 0 Å². The van der Waals surface area contributed by atoms with Gasteiger partial charge >= 0.3 is 0 Å². The molecule has 1 rings (SSSR count). The van der Waals surface area contributed by atoms with Gasteiger partial charge in [0.25, 0.3) is 0 Å². The van der Waals surface area contributed by atoms with Crippen molar-refractivity contribution in [2.75, 3.05) is 0 Å². The van der Waals surface area contributed by atoms with E-state index < -0.39 is 0 Å². The van der Waals surface area contributed by atoms with Crippen LogP contribution in [0.25, 0.3) is 0 Å². The average molecular weight is 236 g/mol. The summed E-state index contributed by atoms with van der Waals surface area (Å²) in [5.74, 6) is 0. The highest BCUT2D eigenvalue weighted by molar-refractivity contribution is 5.24. The lowest BCUT2D eigenvalue weighted by atomic mass is 10.00. The minimum atomic E-state index is -0.276. The Morgan fingerprint density at radius 3 is 2.59 bits per heavy atom. The summed E-state index contributed by atoms with van der Waals surface area (Å²) in [5, 5.41) is 14.3. The number of aryl methyl sites for hydroxylation is 2. The number of aliphatic hydroxyl groups is 1. The maximum atomic E-state index is 9.91. The van der Waals surface area contributed by atoms with Crippen LogP contribution in [0.2, 0.25) is 0 Å². The third-order valence-electron chi connectivity index (χ3n) is 3.41. The van der Waals surface area contributed by atoms with Gasteiger partial charge in [-0.05, 0) is 45.1 Å². The molecule has 1 atom stereocenters. The van der Waals surface area contributed by atoms with Crippen LogP contribution in [0.5, 0.6) is 0 Å². The Labute approximate surface area is 104 Å². The van der Waals surface area contributed by atoms with Crippen LogP contribution in [0.1, 0.15) is 43.1 Å². The van der Waals surface area contributed by atoms with Crippen LogP contribution < -0.4 is 0 Å². The van der Waals surface area contributed by atoms with Crippen LogP contribution in [-0.4, -0.2) is 21.0 Å². The number of aromatic nitrogens is 2. The van der Waals surface area contributed by atoms with E-state index in [1.165, 1.54) is 11.3 Å². The summed E-state index contributed by atoms with van der Waals surface area (Å²) in [6.45, 7) is 10.1. The van der Waals surface area contributed by atoms with E-state index in [4.69, 9.17) is 0 Å². The van der Waals surface area contributed by atoms with Gasteiger partial charge in [-0.15, -0.1) is 0 Å². The van der Waals surface area contributed by atoms with Crippen molar-refractivity contribution in [3.8, 4) is 0 Å². The van der Waals surface area contributed by atoms with E-state index in [1.54, 1.807) is 0 Å². The van der Waals surface area contributed by atoms with Crippen LogP contribution in [0.4, 0.5) is 0 Å². The number of nitrogens with zero attached hydrogens (tertiary/aromatic N) is 2. The Kier molecular flexibility index (Phi) is 4.94. The summed E-state index contributed by atoms with van der Waals surface area (Å²) in [7, 11) is 1.96. The van der Waals surface area contributed by atoms with Crippen molar-refractivity contribution in [3.05, 3.63) is 29.1 Å². The van der Waals surface area contributed by atoms with Crippen LogP contribution in [0.3, 0.4) is 0 Å². The Morgan fingerprint density at radius 1 is 1.47 bits per heavy atom. The fourth-order valence-corrected chi connectivity index (χ4v) is 2.07. The quantitative estimate of drug-likeness (QED) is 0.771. The highest BCUT2D eigenvalue weighted by atomic mass is 16.3. The van der Waals surface area contributed by atoms with Gasteiger partial charge in [0.05, 0.1) is 11.8 Å². The molecule has 0 aromatic carbocycles. The molecule has 17 heavy (non-hydrogen) atoms. The van der Waals surface area contributed by atoms with Gasteiger partial charge in [-0.1, -0.05) is 19.1 Å². The molecule has 0 saturated carbocycles. The maximum Gasteiger partial charge on any atom is 0.0628 e.